The van der Waals surface area contributed by atoms with Crippen LogP contribution in [0.2, 0.25) is 0 Å². The van der Waals surface area contributed by atoms with Crippen molar-refractivity contribution in [2.75, 3.05) is 17.7 Å². The first kappa shape index (κ1) is 20.7. The predicted octanol–water partition coefficient (Wildman–Crippen LogP) is 4.97. The van der Waals surface area contributed by atoms with Crippen molar-refractivity contribution >= 4 is 23.4 Å². The van der Waals surface area contributed by atoms with Gasteiger partial charge < -0.3 is 4.90 Å². The van der Waals surface area contributed by atoms with Crippen LogP contribution < -0.4 is 4.90 Å². The van der Waals surface area contributed by atoms with Crippen LogP contribution in [0.1, 0.15) is 0 Å². The van der Waals surface area contributed by atoms with Gasteiger partial charge in [0.25, 0.3) is 0 Å². The number of nitrogens with zero attached hydrogens (tertiary/aromatic N) is 4. The number of halogens is 2. The normalized spacial score (nSPS) is 10.8. The van der Waals surface area contributed by atoms with E-state index in [2.05, 4.69) is 10.2 Å². The van der Waals surface area contributed by atoms with Gasteiger partial charge >= 0.3 is 0 Å². The molecule has 0 unspecified atom stereocenters. The quantitative estimate of drug-likeness (QED) is 0.401. The smallest absolute Gasteiger partial charge is 0.237 e. The molecule has 0 radical (unpaired) electrons. The number of amides is 1. The Morgan fingerprint density at radius 1 is 0.903 bits per heavy atom. The molecule has 1 aromatic heterocycles. The van der Waals surface area contributed by atoms with Crippen LogP contribution in [0.5, 0.6) is 0 Å². The van der Waals surface area contributed by atoms with E-state index in [1.165, 1.54) is 36.0 Å². The number of carbonyl (C=O) groups is 1. The number of carbonyl (C=O) groups excluding carboxylic acids is 1. The Hall–Kier alpha value is -3.52. The highest BCUT2D eigenvalue weighted by molar-refractivity contribution is 7.99. The van der Waals surface area contributed by atoms with Crippen LogP contribution in [0.15, 0.2) is 84.0 Å². The Morgan fingerprint density at radius 3 is 2.16 bits per heavy atom. The van der Waals surface area contributed by atoms with Crippen molar-refractivity contribution < 1.29 is 13.6 Å². The zero-order valence-corrected chi connectivity index (χ0v) is 17.4. The summed E-state index contributed by atoms with van der Waals surface area (Å²) in [5.74, 6) is -0.227. The van der Waals surface area contributed by atoms with Crippen molar-refractivity contribution in [2.45, 2.75) is 5.16 Å². The van der Waals surface area contributed by atoms with Gasteiger partial charge in [0.05, 0.1) is 5.75 Å². The molecule has 5 nitrogen and oxygen atoms in total. The lowest BCUT2D eigenvalue weighted by Gasteiger charge is -2.17. The molecule has 0 aliphatic heterocycles. The van der Waals surface area contributed by atoms with E-state index in [9.17, 15) is 13.6 Å². The monoisotopic (exact) mass is 436 g/mol. The summed E-state index contributed by atoms with van der Waals surface area (Å²) < 4.78 is 28.6. The van der Waals surface area contributed by atoms with Crippen LogP contribution in [0, 0.1) is 11.6 Å². The van der Waals surface area contributed by atoms with E-state index in [1.807, 2.05) is 30.3 Å². The topological polar surface area (TPSA) is 51.0 Å². The molecule has 4 rings (SSSR count). The number of hydrogen-bond acceptors (Lipinski definition) is 4. The maximum atomic E-state index is 13.5. The number of hydrogen-bond donors (Lipinski definition) is 0. The van der Waals surface area contributed by atoms with Gasteiger partial charge in [0, 0.05) is 24.0 Å². The summed E-state index contributed by atoms with van der Waals surface area (Å²) in [6.07, 6.45) is 0. The Labute approximate surface area is 182 Å². The number of anilines is 1. The van der Waals surface area contributed by atoms with E-state index in [0.29, 0.717) is 22.2 Å². The minimum Gasteiger partial charge on any atom is -0.315 e. The fraction of sp³-hybridized carbons (Fsp3) is 0.0870. The fourth-order valence-electron chi connectivity index (χ4n) is 2.99. The van der Waals surface area contributed by atoms with Gasteiger partial charge in [-0.1, -0.05) is 30.0 Å². The zero-order chi connectivity index (χ0) is 21.8. The van der Waals surface area contributed by atoms with Gasteiger partial charge in [0.15, 0.2) is 11.0 Å². The molecule has 0 aliphatic rings. The minimum atomic E-state index is -0.367. The maximum Gasteiger partial charge on any atom is 0.237 e. The first-order chi connectivity index (χ1) is 15.0. The van der Waals surface area contributed by atoms with Crippen LogP contribution in [0.25, 0.3) is 17.1 Å². The number of benzene rings is 3. The number of para-hydroxylation sites is 1. The summed E-state index contributed by atoms with van der Waals surface area (Å²) in [4.78, 5) is 14.3. The van der Waals surface area contributed by atoms with Crippen LogP contribution >= 0.6 is 11.8 Å². The van der Waals surface area contributed by atoms with E-state index in [0.717, 1.165) is 5.69 Å². The summed E-state index contributed by atoms with van der Waals surface area (Å²) >= 11 is 1.23. The van der Waals surface area contributed by atoms with Crippen molar-refractivity contribution in [3.8, 4) is 17.1 Å². The van der Waals surface area contributed by atoms with Crippen molar-refractivity contribution in [3.05, 3.63) is 90.5 Å². The third kappa shape index (κ3) is 4.64. The van der Waals surface area contributed by atoms with Crippen molar-refractivity contribution in [3.63, 3.8) is 0 Å². The van der Waals surface area contributed by atoms with Crippen molar-refractivity contribution in [1.29, 1.82) is 0 Å². The van der Waals surface area contributed by atoms with Gasteiger partial charge in [0.1, 0.15) is 11.6 Å². The Morgan fingerprint density at radius 2 is 1.52 bits per heavy atom. The second-order valence-corrected chi connectivity index (χ2v) is 7.64. The molecule has 0 aliphatic carbocycles. The van der Waals surface area contributed by atoms with Gasteiger partial charge in [-0.25, -0.2) is 8.78 Å². The van der Waals surface area contributed by atoms with Gasteiger partial charge in [0.2, 0.25) is 5.91 Å². The van der Waals surface area contributed by atoms with Gasteiger partial charge in [-0.15, -0.1) is 10.2 Å². The molecule has 0 saturated heterocycles. The molecule has 0 saturated carbocycles. The molecule has 0 fully saturated rings. The predicted molar refractivity (Wildman–Crippen MR) is 117 cm³/mol. The molecule has 0 spiro atoms. The molecule has 0 atom stereocenters. The van der Waals surface area contributed by atoms with E-state index < -0.39 is 0 Å². The molecular formula is C23H18F2N4OS. The zero-order valence-electron chi connectivity index (χ0n) is 16.6. The summed E-state index contributed by atoms with van der Waals surface area (Å²) in [6.45, 7) is 0. The van der Waals surface area contributed by atoms with Crippen LogP contribution in [0.4, 0.5) is 14.5 Å². The lowest BCUT2D eigenvalue weighted by Crippen LogP contribution is -2.27. The average molecular weight is 436 g/mol. The van der Waals surface area contributed by atoms with E-state index in [1.54, 1.807) is 40.8 Å². The molecule has 0 bridgehead atoms. The number of rotatable bonds is 6. The highest BCUT2D eigenvalue weighted by Gasteiger charge is 2.19. The van der Waals surface area contributed by atoms with Crippen molar-refractivity contribution in [2.24, 2.45) is 0 Å². The lowest BCUT2D eigenvalue weighted by molar-refractivity contribution is -0.115. The summed E-state index contributed by atoms with van der Waals surface area (Å²) in [5, 5.41) is 8.96. The molecular weight excluding hydrogens is 418 g/mol. The van der Waals surface area contributed by atoms with Gasteiger partial charge in [-0.05, 0) is 60.7 Å². The first-order valence-corrected chi connectivity index (χ1v) is 10.4. The number of thioether (sulfide) groups is 1. The largest absolute Gasteiger partial charge is 0.315 e. The highest BCUT2D eigenvalue weighted by Crippen LogP contribution is 2.28. The molecule has 1 amide bonds. The molecule has 4 aromatic rings. The molecule has 31 heavy (non-hydrogen) atoms. The number of aromatic nitrogens is 3. The van der Waals surface area contributed by atoms with Crippen LogP contribution in [-0.4, -0.2) is 33.5 Å². The van der Waals surface area contributed by atoms with Crippen LogP contribution in [0.3, 0.4) is 0 Å². The minimum absolute atomic E-state index is 0.104. The maximum absolute atomic E-state index is 13.5. The van der Waals surface area contributed by atoms with Crippen LogP contribution in [-0.2, 0) is 4.79 Å². The highest BCUT2D eigenvalue weighted by atomic mass is 32.2. The Bertz CT molecular complexity index is 1180. The molecule has 3 aromatic carbocycles. The average Bonchev–Trinajstić information content (AvgIpc) is 3.22. The molecule has 8 heteroatoms. The lowest BCUT2D eigenvalue weighted by atomic mass is 10.2. The van der Waals surface area contributed by atoms with Crippen molar-refractivity contribution in [1.82, 2.24) is 14.8 Å². The molecule has 156 valence electrons. The SMILES string of the molecule is CN(C(=O)CSc1nnc(-c2ccc(F)cc2)n1-c1ccc(F)cc1)c1ccccc1. The van der Waals surface area contributed by atoms with E-state index in [-0.39, 0.29) is 23.3 Å². The first-order valence-electron chi connectivity index (χ1n) is 9.44. The fourth-order valence-corrected chi connectivity index (χ4v) is 3.86. The molecule has 0 N–H and O–H groups in total. The van der Waals surface area contributed by atoms with E-state index in [4.69, 9.17) is 0 Å². The van der Waals surface area contributed by atoms with Gasteiger partial charge in [-0.2, -0.15) is 0 Å². The third-order valence-electron chi connectivity index (χ3n) is 4.66. The summed E-state index contributed by atoms with van der Waals surface area (Å²) in [6, 6.07) is 21.1. The standard InChI is InChI=1S/C23H18F2N4OS/c1-28(19-5-3-2-4-6-19)21(30)15-31-23-27-26-22(16-7-9-17(24)10-8-16)29(23)20-13-11-18(25)12-14-20/h2-14H,15H2,1H3. The Kier molecular flexibility index (Phi) is 6.08. The second-order valence-electron chi connectivity index (χ2n) is 6.70. The molecule has 1 heterocycles. The second kappa shape index (κ2) is 9.09. The van der Waals surface area contributed by atoms with E-state index >= 15 is 0 Å². The van der Waals surface area contributed by atoms with Gasteiger partial charge in [-0.3, -0.25) is 9.36 Å². The summed E-state index contributed by atoms with van der Waals surface area (Å²) in [5.41, 5.74) is 2.08. The third-order valence-corrected chi connectivity index (χ3v) is 5.58. The Balaban J connectivity index is 1.63. The summed E-state index contributed by atoms with van der Waals surface area (Å²) in [7, 11) is 1.72.